The third-order valence-corrected chi connectivity index (χ3v) is 3.77. The molecule has 0 atom stereocenters. The maximum atomic E-state index is 12.1. The van der Waals surface area contributed by atoms with Gasteiger partial charge >= 0.3 is 6.03 Å². The van der Waals surface area contributed by atoms with Gasteiger partial charge < -0.3 is 20.5 Å². The molecule has 0 spiro atoms. The zero-order valence-corrected chi connectivity index (χ0v) is 14.9. The van der Waals surface area contributed by atoms with Crippen molar-refractivity contribution >= 4 is 29.2 Å². The fourth-order valence-corrected chi connectivity index (χ4v) is 2.31. The van der Waals surface area contributed by atoms with Gasteiger partial charge in [-0.05, 0) is 24.6 Å². The van der Waals surface area contributed by atoms with Crippen LogP contribution >= 0.6 is 11.6 Å². The third kappa shape index (κ3) is 5.46. The highest BCUT2D eigenvalue weighted by Gasteiger charge is 2.12. The van der Waals surface area contributed by atoms with Crippen LogP contribution < -0.4 is 16.0 Å². The molecular formula is C16H21ClN6O2. The fourth-order valence-electron chi connectivity index (χ4n) is 2.11. The summed E-state index contributed by atoms with van der Waals surface area (Å²) >= 11 is 6.06. The quantitative estimate of drug-likeness (QED) is 0.699. The first-order chi connectivity index (χ1) is 12.0. The van der Waals surface area contributed by atoms with E-state index in [0.29, 0.717) is 35.8 Å². The molecule has 3 amide bonds. The molecule has 134 valence electrons. The van der Waals surface area contributed by atoms with Crippen LogP contribution in [-0.4, -0.2) is 39.8 Å². The lowest BCUT2D eigenvalue weighted by Crippen LogP contribution is -2.31. The number of benzene rings is 1. The number of urea groups is 1. The van der Waals surface area contributed by atoms with E-state index in [9.17, 15) is 9.59 Å². The van der Waals surface area contributed by atoms with Gasteiger partial charge in [-0.15, -0.1) is 10.2 Å². The Kier molecular flexibility index (Phi) is 6.76. The molecule has 8 nitrogen and oxygen atoms in total. The van der Waals surface area contributed by atoms with E-state index in [-0.39, 0.29) is 11.9 Å². The van der Waals surface area contributed by atoms with Gasteiger partial charge in [0.1, 0.15) is 12.2 Å². The Labute approximate surface area is 151 Å². The van der Waals surface area contributed by atoms with Crippen LogP contribution in [0.5, 0.6) is 0 Å². The van der Waals surface area contributed by atoms with Crippen molar-refractivity contribution in [3.63, 3.8) is 0 Å². The maximum Gasteiger partial charge on any atom is 0.319 e. The summed E-state index contributed by atoms with van der Waals surface area (Å²) in [5.41, 5.74) is 0.814. The van der Waals surface area contributed by atoms with E-state index >= 15 is 0 Å². The third-order valence-electron chi connectivity index (χ3n) is 3.44. The number of rotatable bonds is 7. The number of anilines is 1. The van der Waals surface area contributed by atoms with Gasteiger partial charge in [0.15, 0.2) is 0 Å². The van der Waals surface area contributed by atoms with Crippen molar-refractivity contribution in [2.24, 2.45) is 7.05 Å². The molecule has 0 aliphatic heterocycles. The number of hydrogen-bond donors (Lipinski definition) is 3. The lowest BCUT2D eigenvalue weighted by molar-refractivity contribution is 0.0954. The highest BCUT2D eigenvalue weighted by molar-refractivity contribution is 6.34. The molecule has 0 aliphatic rings. The summed E-state index contributed by atoms with van der Waals surface area (Å²) in [5, 5.41) is 16.2. The molecule has 1 aromatic carbocycles. The van der Waals surface area contributed by atoms with Crippen molar-refractivity contribution in [3.8, 4) is 0 Å². The summed E-state index contributed by atoms with van der Waals surface area (Å²) < 4.78 is 1.79. The smallest absolute Gasteiger partial charge is 0.319 e. The van der Waals surface area contributed by atoms with Crippen LogP contribution in [0.15, 0.2) is 24.5 Å². The molecule has 0 bridgehead atoms. The van der Waals surface area contributed by atoms with Crippen molar-refractivity contribution < 1.29 is 9.59 Å². The number of aromatic nitrogens is 3. The number of nitrogens with one attached hydrogen (secondary N) is 3. The van der Waals surface area contributed by atoms with Gasteiger partial charge in [0.2, 0.25) is 0 Å². The number of amides is 3. The van der Waals surface area contributed by atoms with E-state index in [0.717, 1.165) is 12.2 Å². The van der Waals surface area contributed by atoms with Crippen LogP contribution in [0.2, 0.25) is 5.02 Å². The van der Waals surface area contributed by atoms with Crippen molar-refractivity contribution in [1.82, 2.24) is 25.4 Å². The summed E-state index contributed by atoms with van der Waals surface area (Å²) in [4.78, 5) is 24.0. The SMILES string of the molecule is CCCNC(=O)c1cc(NC(=O)NCCc2nncn2C)ccc1Cl. The van der Waals surface area contributed by atoms with E-state index in [1.807, 2.05) is 14.0 Å². The van der Waals surface area contributed by atoms with Crippen LogP contribution in [0.3, 0.4) is 0 Å². The predicted octanol–water partition coefficient (Wildman–Crippen LogP) is 1.97. The van der Waals surface area contributed by atoms with Gasteiger partial charge in [-0.25, -0.2) is 4.79 Å². The van der Waals surface area contributed by atoms with Crippen molar-refractivity contribution in [1.29, 1.82) is 0 Å². The van der Waals surface area contributed by atoms with Crippen LogP contribution in [0, 0.1) is 0 Å². The van der Waals surface area contributed by atoms with Crippen LogP contribution in [-0.2, 0) is 13.5 Å². The van der Waals surface area contributed by atoms with Gasteiger partial charge in [0, 0.05) is 32.2 Å². The molecule has 1 aromatic heterocycles. The minimum Gasteiger partial charge on any atom is -0.352 e. The minimum atomic E-state index is -0.371. The Balaban J connectivity index is 1.89. The Bertz CT molecular complexity index is 746. The second kappa shape index (κ2) is 9.03. The van der Waals surface area contributed by atoms with E-state index < -0.39 is 0 Å². The molecule has 0 unspecified atom stereocenters. The van der Waals surface area contributed by atoms with Crippen LogP contribution in [0.4, 0.5) is 10.5 Å². The van der Waals surface area contributed by atoms with E-state index in [4.69, 9.17) is 11.6 Å². The molecule has 25 heavy (non-hydrogen) atoms. The van der Waals surface area contributed by atoms with Gasteiger partial charge in [-0.2, -0.15) is 0 Å². The maximum absolute atomic E-state index is 12.1. The molecular weight excluding hydrogens is 344 g/mol. The predicted molar refractivity (Wildman–Crippen MR) is 95.8 cm³/mol. The number of carbonyl (C=O) groups excluding carboxylic acids is 2. The van der Waals surface area contributed by atoms with Gasteiger partial charge in [0.25, 0.3) is 5.91 Å². The topological polar surface area (TPSA) is 101 Å². The first-order valence-corrected chi connectivity index (χ1v) is 8.34. The Morgan fingerprint density at radius 2 is 2.04 bits per heavy atom. The zero-order valence-electron chi connectivity index (χ0n) is 14.2. The highest BCUT2D eigenvalue weighted by atomic mass is 35.5. The van der Waals surface area contributed by atoms with Crippen LogP contribution in [0.25, 0.3) is 0 Å². The molecule has 2 rings (SSSR count). The minimum absolute atomic E-state index is 0.266. The Morgan fingerprint density at radius 1 is 1.24 bits per heavy atom. The van der Waals surface area contributed by atoms with Crippen molar-refractivity contribution in [2.75, 3.05) is 18.4 Å². The van der Waals surface area contributed by atoms with Crippen LogP contribution in [0.1, 0.15) is 29.5 Å². The van der Waals surface area contributed by atoms with E-state index in [1.165, 1.54) is 0 Å². The van der Waals surface area contributed by atoms with Crippen molar-refractivity contribution in [2.45, 2.75) is 19.8 Å². The summed E-state index contributed by atoms with van der Waals surface area (Å²) in [5.74, 6) is 0.514. The highest BCUT2D eigenvalue weighted by Crippen LogP contribution is 2.20. The van der Waals surface area contributed by atoms with Gasteiger partial charge in [-0.1, -0.05) is 18.5 Å². The number of nitrogens with zero attached hydrogens (tertiary/aromatic N) is 3. The summed E-state index contributed by atoms with van der Waals surface area (Å²) in [6.07, 6.45) is 3.00. The number of halogens is 1. The molecule has 0 radical (unpaired) electrons. The number of aryl methyl sites for hydroxylation is 1. The standard InChI is InChI=1S/C16H21ClN6O2/c1-3-7-18-15(24)12-9-11(4-5-13(12)17)21-16(25)19-8-6-14-22-20-10-23(14)2/h4-5,9-10H,3,6-8H2,1-2H3,(H,18,24)(H2,19,21,25). The molecule has 0 saturated carbocycles. The second-order valence-electron chi connectivity index (χ2n) is 5.44. The summed E-state index contributed by atoms with van der Waals surface area (Å²) in [7, 11) is 1.84. The Morgan fingerprint density at radius 3 is 2.72 bits per heavy atom. The molecule has 9 heteroatoms. The lowest BCUT2D eigenvalue weighted by Gasteiger charge is -2.10. The Hall–Kier alpha value is -2.61. The summed E-state index contributed by atoms with van der Waals surface area (Å²) in [6, 6.07) is 4.40. The number of hydrogen-bond acceptors (Lipinski definition) is 4. The molecule has 2 aromatic rings. The first kappa shape index (κ1) is 18.7. The molecule has 3 N–H and O–H groups in total. The molecule has 0 saturated heterocycles. The summed E-state index contributed by atoms with van der Waals surface area (Å²) in [6.45, 7) is 2.94. The average Bonchev–Trinajstić information content (AvgIpc) is 2.99. The fraction of sp³-hybridized carbons (Fsp3) is 0.375. The zero-order chi connectivity index (χ0) is 18.2. The molecule has 1 heterocycles. The largest absolute Gasteiger partial charge is 0.352 e. The van der Waals surface area contributed by atoms with E-state index in [2.05, 4.69) is 26.1 Å². The molecule has 0 aliphatic carbocycles. The lowest BCUT2D eigenvalue weighted by atomic mass is 10.2. The average molecular weight is 365 g/mol. The van der Waals surface area contributed by atoms with Gasteiger partial charge in [-0.3, -0.25) is 4.79 Å². The first-order valence-electron chi connectivity index (χ1n) is 7.96. The number of carbonyl (C=O) groups is 2. The molecule has 0 fully saturated rings. The van der Waals surface area contributed by atoms with Gasteiger partial charge in [0.05, 0.1) is 10.6 Å². The normalized spacial score (nSPS) is 10.4. The van der Waals surface area contributed by atoms with Crippen molar-refractivity contribution in [3.05, 3.63) is 40.9 Å². The second-order valence-corrected chi connectivity index (χ2v) is 5.85. The monoisotopic (exact) mass is 364 g/mol. The van der Waals surface area contributed by atoms with E-state index in [1.54, 1.807) is 29.1 Å².